The predicted molar refractivity (Wildman–Crippen MR) is 161 cm³/mol. The van der Waals surface area contributed by atoms with Gasteiger partial charge in [-0.3, -0.25) is 19.3 Å². The van der Waals surface area contributed by atoms with Gasteiger partial charge in [0, 0.05) is 28.4 Å². The summed E-state index contributed by atoms with van der Waals surface area (Å²) in [6, 6.07) is 2.75. The van der Waals surface area contributed by atoms with Crippen molar-refractivity contribution in [3.8, 4) is 11.5 Å². The number of rotatable bonds is 10. The van der Waals surface area contributed by atoms with Crippen molar-refractivity contribution in [2.75, 3.05) is 57.9 Å². The van der Waals surface area contributed by atoms with Crippen molar-refractivity contribution in [3.63, 3.8) is 0 Å². The molecule has 244 valence electrons. The van der Waals surface area contributed by atoms with E-state index in [2.05, 4.69) is 24.7 Å². The van der Waals surface area contributed by atoms with Crippen LogP contribution in [0.2, 0.25) is 0 Å². The van der Waals surface area contributed by atoms with Crippen LogP contribution in [0.3, 0.4) is 0 Å². The SMILES string of the molecule is C[N+]1(CC2=C(C(=O)O)N3C(=O)[C@@H](NC(=O)C(=NOCC(=O)O)c4nsc(N)n4)[C@H]3SC2)CCN(C(=O)c2ccc(O)c(O)c2)CC1. The lowest BCUT2D eigenvalue weighted by molar-refractivity contribution is -0.908. The first-order valence-corrected chi connectivity index (χ1v) is 15.5. The summed E-state index contributed by atoms with van der Waals surface area (Å²) in [7, 11) is 1.94. The number of thioether (sulfide) groups is 1. The number of aliphatic carboxylic acids is 2. The summed E-state index contributed by atoms with van der Waals surface area (Å²) < 4.78 is 4.30. The highest BCUT2D eigenvalue weighted by Crippen LogP contribution is 2.41. The molecule has 2 fully saturated rings. The lowest BCUT2D eigenvalue weighted by Crippen LogP contribution is -2.71. The Bertz CT molecular complexity index is 1670. The highest BCUT2D eigenvalue weighted by molar-refractivity contribution is 8.00. The second-order valence-electron chi connectivity index (χ2n) is 10.9. The molecule has 0 spiro atoms. The second-order valence-corrected chi connectivity index (χ2v) is 12.8. The van der Waals surface area contributed by atoms with E-state index in [9.17, 15) is 39.3 Å². The summed E-state index contributed by atoms with van der Waals surface area (Å²) in [6.07, 6.45) is 0. The average molecular weight is 678 g/mol. The molecule has 1 aromatic heterocycles. The van der Waals surface area contributed by atoms with Gasteiger partial charge in [0.25, 0.3) is 17.7 Å². The molecule has 2 atom stereocenters. The van der Waals surface area contributed by atoms with E-state index in [-0.39, 0.29) is 39.6 Å². The third-order valence-corrected chi connectivity index (χ3v) is 9.53. The van der Waals surface area contributed by atoms with Crippen LogP contribution in [0.4, 0.5) is 5.13 Å². The molecule has 2 aromatic rings. The minimum atomic E-state index is -1.34. The van der Waals surface area contributed by atoms with Gasteiger partial charge in [-0.05, 0) is 18.2 Å². The van der Waals surface area contributed by atoms with Crippen LogP contribution in [0.1, 0.15) is 16.2 Å². The molecule has 3 amide bonds. The van der Waals surface area contributed by atoms with Gasteiger partial charge in [0.1, 0.15) is 23.7 Å². The summed E-state index contributed by atoms with van der Waals surface area (Å²) in [6.45, 7) is 1.16. The first-order valence-electron chi connectivity index (χ1n) is 13.6. The molecule has 0 radical (unpaired) electrons. The molecular formula is C26H29N8O10S2+. The first kappa shape index (κ1) is 32.4. The summed E-state index contributed by atoms with van der Waals surface area (Å²) in [5, 5.41) is 43.5. The Labute approximate surface area is 268 Å². The van der Waals surface area contributed by atoms with E-state index < -0.39 is 53.2 Å². The van der Waals surface area contributed by atoms with Crippen LogP contribution >= 0.6 is 23.3 Å². The zero-order valence-corrected chi connectivity index (χ0v) is 25.8. The van der Waals surface area contributed by atoms with Crippen LogP contribution in [-0.2, 0) is 24.0 Å². The number of benzene rings is 1. The van der Waals surface area contributed by atoms with Crippen molar-refractivity contribution < 1.29 is 53.7 Å². The minimum Gasteiger partial charge on any atom is -0.504 e. The molecule has 18 nitrogen and oxygen atoms in total. The maximum absolute atomic E-state index is 13.2. The van der Waals surface area contributed by atoms with Crippen LogP contribution in [0.5, 0.6) is 11.5 Å². The van der Waals surface area contributed by atoms with Crippen LogP contribution in [-0.4, -0.2) is 143 Å². The summed E-state index contributed by atoms with van der Waals surface area (Å²) >= 11 is 2.04. The number of nitrogens with two attached hydrogens (primary N) is 1. The Hall–Kier alpha value is -4.95. The number of fused-ring (bicyclic) bond motifs is 1. The number of anilines is 1. The molecule has 4 heterocycles. The molecule has 0 saturated carbocycles. The molecule has 7 N–H and O–H groups in total. The summed E-state index contributed by atoms with van der Waals surface area (Å²) in [4.78, 5) is 73.8. The maximum atomic E-state index is 13.2. The number of aromatic nitrogens is 2. The monoisotopic (exact) mass is 677 g/mol. The lowest BCUT2D eigenvalue weighted by Gasteiger charge is -2.50. The number of amides is 3. The molecule has 3 aliphatic heterocycles. The number of nitrogens with one attached hydrogen (secondary N) is 1. The Morgan fingerprint density at radius 1 is 1.17 bits per heavy atom. The standard InChI is InChI=1S/C26H28N8O10S2/c1-34(6-4-32(5-7-34)22(40)12-2-3-14(35)15(36)8-12)9-13-11-45-24-18(23(41)33(24)19(13)25(42)43)28-21(39)17(30-44-10-16(37)38)20-29-26(27)46-31-20/h2-3,8,18,24H,4-7,9-11H2,1H3,(H6-,27,28,29,30,31,35,36,37,38,39,40,42,43)/p+1/t18-,24-/m1/s1. The summed E-state index contributed by atoms with van der Waals surface area (Å²) in [5.41, 5.74) is 5.68. The number of carbonyl (C=O) groups excluding carboxylic acids is 3. The number of carboxylic acids is 2. The van der Waals surface area contributed by atoms with E-state index in [1.807, 2.05) is 7.05 Å². The topological polar surface area (TPSA) is 258 Å². The quantitative estimate of drug-likeness (QED) is 0.0561. The number of piperazine rings is 1. The van der Waals surface area contributed by atoms with Gasteiger partial charge in [-0.1, -0.05) is 5.16 Å². The van der Waals surface area contributed by atoms with E-state index in [4.69, 9.17) is 10.8 Å². The Kier molecular flexibility index (Phi) is 9.03. The number of quaternary nitrogens is 1. The van der Waals surface area contributed by atoms with Gasteiger partial charge in [0.05, 0.1) is 33.2 Å². The third kappa shape index (κ3) is 6.53. The van der Waals surface area contributed by atoms with Crippen molar-refractivity contribution in [2.24, 2.45) is 5.16 Å². The zero-order valence-electron chi connectivity index (χ0n) is 24.2. The van der Waals surface area contributed by atoms with Crippen molar-refractivity contribution in [3.05, 3.63) is 40.9 Å². The van der Waals surface area contributed by atoms with E-state index in [0.717, 1.165) is 16.4 Å². The number of carbonyl (C=O) groups is 5. The maximum Gasteiger partial charge on any atom is 0.352 e. The van der Waals surface area contributed by atoms with E-state index in [0.29, 0.717) is 42.8 Å². The van der Waals surface area contributed by atoms with Crippen molar-refractivity contribution in [2.45, 2.75) is 11.4 Å². The number of aromatic hydroxyl groups is 2. The molecule has 0 unspecified atom stereocenters. The average Bonchev–Trinajstić information content (AvgIpc) is 3.44. The zero-order chi connectivity index (χ0) is 33.3. The molecular weight excluding hydrogens is 648 g/mol. The number of hydrogen-bond donors (Lipinski definition) is 6. The fraction of sp³-hybridized carbons (Fsp3) is 0.385. The number of oxime groups is 1. The van der Waals surface area contributed by atoms with Crippen molar-refractivity contribution >= 4 is 63.8 Å². The number of nitrogen functional groups attached to an aromatic ring is 1. The molecule has 3 aliphatic rings. The highest BCUT2D eigenvalue weighted by Gasteiger charge is 2.55. The van der Waals surface area contributed by atoms with Crippen LogP contribution in [0.25, 0.3) is 0 Å². The van der Waals surface area contributed by atoms with Crippen LogP contribution in [0, 0.1) is 0 Å². The lowest BCUT2D eigenvalue weighted by atomic mass is 10.0. The minimum absolute atomic E-state index is 0.00762. The number of likely N-dealkylation sites (N-methyl/N-ethyl adjacent to an activating group) is 1. The van der Waals surface area contributed by atoms with Crippen molar-refractivity contribution in [1.82, 2.24) is 24.5 Å². The number of phenols is 2. The molecule has 0 bridgehead atoms. The van der Waals surface area contributed by atoms with Gasteiger partial charge >= 0.3 is 11.9 Å². The van der Waals surface area contributed by atoms with Gasteiger partial charge < -0.3 is 45.7 Å². The van der Waals surface area contributed by atoms with E-state index >= 15 is 0 Å². The van der Waals surface area contributed by atoms with Gasteiger partial charge in [0.15, 0.2) is 16.6 Å². The van der Waals surface area contributed by atoms with E-state index in [1.165, 1.54) is 30.0 Å². The number of phenolic OH excluding ortho intramolecular Hbond substituents is 2. The fourth-order valence-corrected chi connectivity index (χ4v) is 7.06. The second kappa shape index (κ2) is 12.8. The molecule has 2 saturated heterocycles. The van der Waals surface area contributed by atoms with Gasteiger partial charge in [-0.15, -0.1) is 11.8 Å². The predicted octanol–water partition coefficient (Wildman–Crippen LogP) is -1.32. The highest BCUT2D eigenvalue weighted by atomic mass is 32.2. The fourth-order valence-electron chi connectivity index (χ4n) is 5.29. The normalized spacial score (nSPS) is 20.9. The first-order chi connectivity index (χ1) is 21.8. The Morgan fingerprint density at radius 3 is 2.50 bits per heavy atom. The number of carboxylic acid groups (broad SMARTS) is 2. The number of hydrogen-bond acceptors (Lipinski definition) is 14. The molecule has 1 aromatic carbocycles. The molecule has 5 rings (SSSR count). The van der Waals surface area contributed by atoms with Gasteiger partial charge in [0.2, 0.25) is 18.1 Å². The Morgan fingerprint density at radius 2 is 1.89 bits per heavy atom. The van der Waals surface area contributed by atoms with Gasteiger partial charge in [-0.25, -0.2) is 9.59 Å². The number of nitrogens with zero attached hydrogens (tertiary/aromatic N) is 6. The van der Waals surface area contributed by atoms with E-state index in [1.54, 1.807) is 4.90 Å². The largest absolute Gasteiger partial charge is 0.504 e. The van der Waals surface area contributed by atoms with Crippen LogP contribution < -0.4 is 11.1 Å². The third-order valence-electron chi connectivity index (χ3n) is 7.65. The Balaban J connectivity index is 1.26. The summed E-state index contributed by atoms with van der Waals surface area (Å²) in [5.74, 6) is -5.25. The molecule has 20 heteroatoms. The number of β-lactam (4-membered cyclic amide) rings is 1. The van der Waals surface area contributed by atoms with Crippen molar-refractivity contribution in [1.29, 1.82) is 0 Å². The molecule has 0 aliphatic carbocycles. The smallest absolute Gasteiger partial charge is 0.352 e. The molecule has 46 heavy (non-hydrogen) atoms. The van der Waals surface area contributed by atoms with Crippen LogP contribution in [0.15, 0.2) is 34.6 Å². The van der Waals surface area contributed by atoms with Gasteiger partial charge in [-0.2, -0.15) is 9.36 Å².